The Morgan fingerprint density at radius 1 is 1.50 bits per heavy atom. The molecule has 1 fully saturated rings. The van der Waals surface area contributed by atoms with Gasteiger partial charge in [-0.3, -0.25) is 0 Å². The van der Waals surface area contributed by atoms with E-state index in [2.05, 4.69) is 12.2 Å². The molecule has 1 aromatic rings. The van der Waals surface area contributed by atoms with Crippen molar-refractivity contribution in [3.8, 4) is 0 Å². The maximum Gasteiger partial charge on any atom is 0.338 e. The molecule has 2 heterocycles. The molecule has 0 saturated carbocycles. The van der Waals surface area contributed by atoms with Gasteiger partial charge in [-0.15, -0.1) is 0 Å². The fourth-order valence-corrected chi connectivity index (χ4v) is 3.13. The minimum atomic E-state index is -0.247. The number of hydrogen-bond donors (Lipinski definition) is 1. The summed E-state index contributed by atoms with van der Waals surface area (Å²) >= 11 is 0. The van der Waals surface area contributed by atoms with Crippen molar-refractivity contribution in [2.45, 2.75) is 38.8 Å². The molecule has 3 atom stereocenters. The molecule has 0 spiro atoms. The zero-order chi connectivity index (χ0) is 14.1. The second-order valence-corrected chi connectivity index (χ2v) is 5.61. The molecule has 0 amide bonds. The van der Waals surface area contributed by atoms with Crippen LogP contribution < -0.4 is 5.32 Å². The fourth-order valence-electron chi connectivity index (χ4n) is 3.13. The van der Waals surface area contributed by atoms with Crippen molar-refractivity contribution in [1.82, 2.24) is 0 Å². The Morgan fingerprint density at radius 3 is 3.15 bits per heavy atom. The third-order valence-corrected chi connectivity index (χ3v) is 4.19. The molecular weight excluding hydrogens is 254 g/mol. The molecule has 0 unspecified atom stereocenters. The fraction of sp³-hybridized carbons (Fsp3) is 0.562. The summed E-state index contributed by atoms with van der Waals surface area (Å²) in [6.07, 6.45) is 2.02. The first-order valence-electron chi connectivity index (χ1n) is 7.40. The van der Waals surface area contributed by atoms with Crippen molar-refractivity contribution in [3.05, 3.63) is 29.3 Å². The number of ether oxygens (including phenoxy) is 2. The van der Waals surface area contributed by atoms with Gasteiger partial charge in [-0.25, -0.2) is 4.79 Å². The van der Waals surface area contributed by atoms with Gasteiger partial charge in [0.05, 0.1) is 18.3 Å². The third-order valence-electron chi connectivity index (χ3n) is 4.19. The Kier molecular flexibility index (Phi) is 3.66. The number of carbonyl (C=O) groups is 1. The monoisotopic (exact) mass is 275 g/mol. The normalized spacial score (nSPS) is 27.4. The predicted octanol–water partition coefficient (Wildman–Crippen LogP) is 3.15. The van der Waals surface area contributed by atoms with Crippen LogP contribution in [0.25, 0.3) is 0 Å². The van der Waals surface area contributed by atoms with Crippen LogP contribution in [0.3, 0.4) is 0 Å². The van der Waals surface area contributed by atoms with Crippen molar-refractivity contribution in [2.75, 3.05) is 18.5 Å². The second-order valence-electron chi connectivity index (χ2n) is 5.61. The topological polar surface area (TPSA) is 47.6 Å². The van der Waals surface area contributed by atoms with Crippen LogP contribution in [-0.2, 0) is 9.47 Å². The van der Waals surface area contributed by atoms with Crippen LogP contribution in [0.15, 0.2) is 18.2 Å². The van der Waals surface area contributed by atoms with Gasteiger partial charge in [-0.1, -0.05) is 6.92 Å². The zero-order valence-corrected chi connectivity index (χ0v) is 12.0. The largest absolute Gasteiger partial charge is 0.462 e. The van der Waals surface area contributed by atoms with Crippen LogP contribution in [0.4, 0.5) is 5.69 Å². The molecule has 1 N–H and O–H groups in total. The summed E-state index contributed by atoms with van der Waals surface area (Å²) in [6, 6.07) is 6.13. The minimum absolute atomic E-state index is 0.111. The molecule has 2 aliphatic rings. The molecule has 20 heavy (non-hydrogen) atoms. The summed E-state index contributed by atoms with van der Waals surface area (Å²) in [5, 5.41) is 3.51. The Bertz CT molecular complexity index is 514. The highest BCUT2D eigenvalue weighted by Crippen LogP contribution is 2.44. The van der Waals surface area contributed by atoms with Gasteiger partial charge in [0, 0.05) is 29.8 Å². The molecule has 0 aromatic heterocycles. The van der Waals surface area contributed by atoms with E-state index in [4.69, 9.17) is 9.47 Å². The summed E-state index contributed by atoms with van der Waals surface area (Å²) in [6.45, 7) is 5.44. The Labute approximate surface area is 119 Å². The van der Waals surface area contributed by atoms with E-state index in [-0.39, 0.29) is 12.1 Å². The lowest BCUT2D eigenvalue weighted by Gasteiger charge is -2.34. The van der Waals surface area contributed by atoms with Crippen molar-refractivity contribution in [1.29, 1.82) is 0 Å². The van der Waals surface area contributed by atoms with Crippen LogP contribution in [0.5, 0.6) is 0 Å². The zero-order valence-electron chi connectivity index (χ0n) is 12.0. The molecule has 1 aromatic carbocycles. The number of carbonyl (C=O) groups excluding carboxylic acids is 1. The van der Waals surface area contributed by atoms with E-state index < -0.39 is 0 Å². The van der Waals surface area contributed by atoms with Crippen molar-refractivity contribution in [2.24, 2.45) is 5.92 Å². The van der Waals surface area contributed by atoms with Crippen molar-refractivity contribution >= 4 is 11.7 Å². The predicted molar refractivity (Wildman–Crippen MR) is 76.9 cm³/mol. The number of rotatable bonds is 3. The Balaban J connectivity index is 1.88. The minimum Gasteiger partial charge on any atom is -0.462 e. The average molecular weight is 275 g/mol. The lowest BCUT2D eigenvalue weighted by Crippen LogP contribution is -2.33. The van der Waals surface area contributed by atoms with Gasteiger partial charge >= 0.3 is 5.97 Å². The van der Waals surface area contributed by atoms with E-state index in [9.17, 15) is 4.79 Å². The van der Waals surface area contributed by atoms with Crippen LogP contribution in [-0.4, -0.2) is 25.2 Å². The number of fused-ring (bicyclic) bond motifs is 3. The highest BCUT2D eigenvalue weighted by molar-refractivity contribution is 5.90. The molecule has 2 aliphatic heterocycles. The SMILES string of the molecule is CCCOC(=O)c1ccc2c(c1)[C@H]1OCC[C@H]1[C@H](C)N2. The van der Waals surface area contributed by atoms with Crippen LogP contribution >= 0.6 is 0 Å². The first kappa shape index (κ1) is 13.4. The number of nitrogens with one attached hydrogen (secondary N) is 1. The highest BCUT2D eigenvalue weighted by atomic mass is 16.5. The van der Waals surface area contributed by atoms with Gasteiger partial charge in [0.2, 0.25) is 0 Å². The van der Waals surface area contributed by atoms with Crippen LogP contribution in [0.1, 0.15) is 48.7 Å². The average Bonchev–Trinajstić information content (AvgIpc) is 2.95. The Hall–Kier alpha value is -1.55. The molecule has 4 nitrogen and oxygen atoms in total. The van der Waals surface area contributed by atoms with Crippen LogP contribution in [0, 0.1) is 5.92 Å². The first-order valence-corrected chi connectivity index (χ1v) is 7.40. The van der Waals surface area contributed by atoms with E-state index in [1.54, 1.807) is 0 Å². The summed E-state index contributed by atoms with van der Waals surface area (Å²) in [4.78, 5) is 12.0. The van der Waals surface area contributed by atoms with Gasteiger partial charge in [0.1, 0.15) is 0 Å². The second kappa shape index (κ2) is 5.44. The molecule has 1 saturated heterocycles. The third kappa shape index (κ3) is 2.29. The lowest BCUT2D eigenvalue weighted by molar-refractivity contribution is 0.0504. The van der Waals surface area contributed by atoms with Crippen LogP contribution in [0.2, 0.25) is 0 Å². The van der Waals surface area contributed by atoms with E-state index in [1.807, 2.05) is 25.1 Å². The summed E-state index contributed by atoms with van der Waals surface area (Å²) in [7, 11) is 0. The molecule has 4 heteroatoms. The maximum atomic E-state index is 12.0. The van der Waals surface area contributed by atoms with Gasteiger partial charge in [0.25, 0.3) is 0 Å². The standard InChI is InChI=1S/C16H21NO3/c1-3-7-20-16(18)11-4-5-14-13(9-11)15-12(6-8-19-15)10(2)17-14/h4-5,9-10,12,15,17H,3,6-8H2,1-2H3/t10-,12-,15-/m0/s1. The molecule has 0 radical (unpaired) electrons. The molecule has 3 rings (SSSR count). The van der Waals surface area contributed by atoms with Gasteiger partial charge < -0.3 is 14.8 Å². The molecular formula is C16H21NO3. The van der Waals surface area contributed by atoms with Crippen molar-refractivity contribution < 1.29 is 14.3 Å². The smallest absolute Gasteiger partial charge is 0.338 e. The highest BCUT2D eigenvalue weighted by Gasteiger charge is 2.39. The van der Waals surface area contributed by atoms with Gasteiger partial charge in [-0.05, 0) is 38.0 Å². The number of esters is 1. The molecule has 0 aliphatic carbocycles. The number of anilines is 1. The number of hydrogen-bond acceptors (Lipinski definition) is 4. The van der Waals surface area contributed by atoms with Crippen molar-refractivity contribution in [3.63, 3.8) is 0 Å². The molecule has 108 valence electrons. The quantitative estimate of drug-likeness (QED) is 0.861. The maximum absolute atomic E-state index is 12.0. The lowest BCUT2D eigenvalue weighted by atomic mass is 9.84. The van der Waals surface area contributed by atoms with Gasteiger partial charge in [-0.2, -0.15) is 0 Å². The van der Waals surface area contributed by atoms with E-state index >= 15 is 0 Å². The Morgan fingerprint density at radius 2 is 2.35 bits per heavy atom. The summed E-state index contributed by atoms with van der Waals surface area (Å²) < 4.78 is 11.1. The number of benzene rings is 1. The molecule has 0 bridgehead atoms. The first-order chi connectivity index (χ1) is 9.70. The van der Waals surface area contributed by atoms with E-state index in [0.717, 1.165) is 30.7 Å². The van der Waals surface area contributed by atoms with E-state index in [0.29, 0.717) is 24.1 Å². The van der Waals surface area contributed by atoms with Gasteiger partial charge in [0.15, 0.2) is 0 Å². The summed E-state index contributed by atoms with van der Waals surface area (Å²) in [5.41, 5.74) is 2.78. The van der Waals surface area contributed by atoms with E-state index in [1.165, 1.54) is 0 Å². The summed E-state index contributed by atoms with van der Waals surface area (Å²) in [5.74, 6) is 0.243.